The molecule has 0 bridgehead atoms. The van der Waals surface area contributed by atoms with Gasteiger partial charge in [0.2, 0.25) is 5.13 Å². The monoisotopic (exact) mass is 286 g/mol. The first-order valence-electron chi connectivity index (χ1n) is 4.38. The number of hydrogen-bond donors (Lipinski definition) is 2. The lowest BCUT2D eigenvalue weighted by Crippen LogP contribution is -1.88. The Kier molecular flexibility index (Phi) is 3.71. The molecule has 6 nitrogen and oxygen atoms in total. The maximum Gasteiger partial charge on any atom is 0.269 e. The summed E-state index contributed by atoms with van der Waals surface area (Å²) in [6, 6.07) is 6.25. The smallest absolute Gasteiger partial charge is 0.269 e. The van der Waals surface area contributed by atoms with Gasteiger partial charge in [-0.25, -0.2) is 0 Å². The first kappa shape index (κ1) is 12.0. The molecule has 1 heterocycles. The van der Waals surface area contributed by atoms with Crippen molar-refractivity contribution >= 4 is 46.3 Å². The third kappa shape index (κ3) is 3.25. The van der Waals surface area contributed by atoms with Crippen LogP contribution in [0.15, 0.2) is 29.2 Å². The molecule has 0 saturated carbocycles. The second kappa shape index (κ2) is 5.25. The number of nitro benzene ring substituents is 1. The Bertz CT molecular complexity index is 577. The molecular formula is C8H6N4O2S3. The maximum absolute atomic E-state index is 10.5. The van der Waals surface area contributed by atoms with Crippen LogP contribution in [-0.2, 0) is 0 Å². The molecule has 17 heavy (non-hydrogen) atoms. The Balaban J connectivity index is 2.00. The number of rotatable bonds is 4. The zero-order valence-corrected chi connectivity index (χ0v) is 10.7. The second-order valence-corrected chi connectivity index (χ2v) is 5.42. The van der Waals surface area contributed by atoms with Crippen LogP contribution in [0.1, 0.15) is 0 Å². The van der Waals surface area contributed by atoms with Gasteiger partial charge in [-0.1, -0.05) is 11.3 Å². The van der Waals surface area contributed by atoms with Crippen molar-refractivity contribution in [3.05, 3.63) is 38.3 Å². The summed E-state index contributed by atoms with van der Waals surface area (Å²) in [5.41, 5.74) is 0.0739. The first-order valence-corrected chi connectivity index (χ1v) is 6.42. The van der Waals surface area contributed by atoms with Gasteiger partial charge in [-0.3, -0.25) is 15.2 Å². The van der Waals surface area contributed by atoms with E-state index in [1.54, 1.807) is 12.1 Å². The van der Waals surface area contributed by atoms with Crippen LogP contribution in [0.4, 0.5) is 10.8 Å². The summed E-state index contributed by atoms with van der Waals surface area (Å²) in [6.07, 6.45) is 0. The van der Waals surface area contributed by atoms with Gasteiger partial charge in [-0.15, -0.1) is 5.10 Å². The van der Waals surface area contributed by atoms with E-state index < -0.39 is 4.92 Å². The van der Waals surface area contributed by atoms with Crippen molar-refractivity contribution in [2.45, 2.75) is 4.90 Å². The summed E-state index contributed by atoms with van der Waals surface area (Å²) in [5, 5.41) is 17.7. The van der Waals surface area contributed by atoms with Crippen molar-refractivity contribution in [3.8, 4) is 0 Å². The van der Waals surface area contributed by atoms with Gasteiger partial charge in [0.05, 0.1) is 4.92 Å². The van der Waals surface area contributed by atoms with E-state index in [1.807, 2.05) is 0 Å². The number of non-ortho nitro benzene ring substituents is 1. The maximum atomic E-state index is 10.5. The van der Waals surface area contributed by atoms with E-state index in [2.05, 4.69) is 14.9 Å². The second-order valence-electron chi connectivity index (χ2n) is 2.87. The third-order valence-electron chi connectivity index (χ3n) is 1.74. The lowest BCUT2D eigenvalue weighted by atomic mass is 10.3. The Labute approximate surface area is 109 Å². The molecule has 0 radical (unpaired) electrons. The number of nitrogens with one attached hydrogen (secondary N) is 2. The van der Waals surface area contributed by atoms with Gasteiger partial charge in [0.15, 0.2) is 3.95 Å². The van der Waals surface area contributed by atoms with E-state index >= 15 is 0 Å². The van der Waals surface area contributed by atoms with Crippen LogP contribution in [0.25, 0.3) is 0 Å². The average Bonchev–Trinajstić information content (AvgIpc) is 2.73. The average molecular weight is 286 g/mol. The highest BCUT2D eigenvalue weighted by atomic mass is 32.2. The van der Waals surface area contributed by atoms with E-state index in [9.17, 15) is 10.1 Å². The van der Waals surface area contributed by atoms with Gasteiger partial charge in [-0.05, 0) is 36.3 Å². The molecule has 0 aliphatic carbocycles. The van der Waals surface area contributed by atoms with E-state index in [1.165, 1.54) is 35.4 Å². The van der Waals surface area contributed by atoms with Crippen LogP contribution < -0.4 is 4.72 Å². The molecule has 2 N–H and O–H groups in total. The number of hydrogen-bond acceptors (Lipinski definition) is 7. The fourth-order valence-electron chi connectivity index (χ4n) is 1.01. The molecule has 0 atom stereocenters. The molecule has 0 aliphatic heterocycles. The standard InChI is InChI=1S/C8H6N4O2S3/c13-12(14)5-1-3-6(4-2-5)17-11-7-9-10-8(15)16-7/h1-4H,(H,9,11)(H,10,15). The summed E-state index contributed by atoms with van der Waals surface area (Å²) in [7, 11) is 0. The van der Waals surface area contributed by atoms with Crippen molar-refractivity contribution < 1.29 is 4.92 Å². The summed E-state index contributed by atoms with van der Waals surface area (Å²) in [6.45, 7) is 0. The predicted molar refractivity (Wildman–Crippen MR) is 69.9 cm³/mol. The number of aromatic nitrogens is 2. The Hall–Kier alpha value is -1.45. The SMILES string of the molecule is O=[N+]([O-])c1ccc(SNc2n[nH]c(=S)s2)cc1. The largest absolute Gasteiger partial charge is 0.300 e. The number of H-pyrrole nitrogens is 1. The third-order valence-corrected chi connectivity index (χ3v) is 3.68. The van der Waals surface area contributed by atoms with Crippen LogP contribution in [0.2, 0.25) is 0 Å². The molecule has 0 fully saturated rings. The van der Waals surface area contributed by atoms with Crippen molar-refractivity contribution in [1.29, 1.82) is 0 Å². The molecular weight excluding hydrogens is 280 g/mol. The van der Waals surface area contributed by atoms with Crippen LogP contribution in [-0.4, -0.2) is 15.1 Å². The molecule has 0 spiro atoms. The van der Waals surface area contributed by atoms with Crippen molar-refractivity contribution in [2.24, 2.45) is 0 Å². The first-order chi connectivity index (χ1) is 8.15. The fourth-order valence-corrected chi connectivity index (χ4v) is 2.47. The molecule has 0 aliphatic rings. The minimum absolute atomic E-state index is 0.0739. The van der Waals surface area contributed by atoms with Gasteiger partial charge in [0.25, 0.3) is 5.69 Å². The van der Waals surface area contributed by atoms with Gasteiger partial charge < -0.3 is 4.72 Å². The zero-order chi connectivity index (χ0) is 12.3. The van der Waals surface area contributed by atoms with Crippen LogP contribution in [0.5, 0.6) is 0 Å². The minimum Gasteiger partial charge on any atom is -0.300 e. The molecule has 88 valence electrons. The molecule has 1 aromatic carbocycles. The zero-order valence-electron chi connectivity index (χ0n) is 8.25. The van der Waals surface area contributed by atoms with E-state index in [0.29, 0.717) is 9.09 Å². The van der Waals surface area contributed by atoms with Crippen LogP contribution in [0, 0.1) is 14.1 Å². The fraction of sp³-hybridized carbons (Fsp3) is 0. The van der Waals surface area contributed by atoms with Gasteiger partial charge in [0, 0.05) is 17.0 Å². The molecule has 9 heteroatoms. The predicted octanol–water partition coefficient (Wildman–Crippen LogP) is 3.23. The normalized spacial score (nSPS) is 10.1. The summed E-state index contributed by atoms with van der Waals surface area (Å²) in [5.74, 6) is 0. The molecule has 0 amide bonds. The molecule has 0 saturated heterocycles. The Morgan fingerprint density at radius 3 is 2.71 bits per heavy atom. The minimum atomic E-state index is -0.429. The lowest BCUT2D eigenvalue weighted by molar-refractivity contribution is -0.384. The van der Waals surface area contributed by atoms with E-state index in [0.717, 1.165) is 4.90 Å². The summed E-state index contributed by atoms with van der Waals surface area (Å²) < 4.78 is 3.58. The quantitative estimate of drug-likeness (QED) is 0.388. The summed E-state index contributed by atoms with van der Waals surface area (Å²) in [4.78, 5) is 10.9. The number of nitro groups is 1. The van der Waals surface area contributed by atoms with Gasteiger partial charge >= 0.3 is 0 Å². The molecule has 0 unspecified atom stereocenters. The highest BCUT2D eigenvalue weighted by Crippen LogP contribution is 2.24. The van der Waals surface area contributed by atoms with Crippen molar-refractivity contribution in [3.63, 3.8) is 0 Å². The highest BCUT2D eigenvalue weighted by molar-refractivity contribution is 8.00. The van der Waals surface area contributed by atoms with Crippen LogP contribution in [0.3, 0.4) is 0 Å². The van der Waals surface area contributed by atoms with Gasteiger partial charge in [0.1, 0.15) is 0 Å². The van der Waals surface area contributed by atoms with Crippen molar-refractivity contribution in [1.82, 2.24) is 10.2 Å². The number of nitrogens with zero attached hydrogens (tertiary/aromatic N) is 2. The Morgan fingerprint density at radius 2 is 2.18 bits per heavy atom. The summed E-state index contributed by atoms with van der Waals surface area (Å²) >= 11 is 7.53. The van der Waals surface area contributed by atoms with Gasteiger partial charge in [-0.2, -0.15) is 0 Å². The highest BCUT2D eigenvalue weighted by Gasteiger charge is 2.04. The van der Waals surface area contributed by atoms with Crippen molar-refractivity contribution in [2.75, 3.05) is 4.72 Å². The number of aromatic amines is 1. The number of benzene rings is 1. The van der Waals surface area contributed by atoms with Crippen LogP contribution >= 0.6 is 35.5 Å². The van der Waals surface area contributed by atoms with E-state index in [-0.39, 0.29) is 5.69 Å². The van der Waals surface area contributed by atoms with E-state index in [4.69, 9.17) is 12.2 Å². The number of anilines is 1. The molecule has 2 rings (SSSR count). The Morgan fingerprint density at radius 1 is 1.47 bits per heavy atom. The molecule has 2 aromatic rings. The molecule has 1 aromatic heterocycles. The lowest BCUT2D eigenvalue weighted by Gasteiger charge is -2.00. The topological polar surface area (TPSA) is 83.8 Å².